The third kappa shape index (κ3) is 11.9. The Morgan fingerprint density at radius 2 is 1.30 bits per heavy atom. The van der Waals surface area contributed by atoms with Crippen LogP contribution in [0.15, 0.2) is 78.9 Å². The van der Waals surface area contributed by atoms with Crippen LogP contribution in [0, 0.1) is 0 Å². The fraction of sp³-hybridized carbons (Fsp3) is 0.0588. The summed E-state index contributed by atoms with van der Waals surface area (Å²) in [5, 5.41) is 2.22. The number of allylic oxidation sites excluding steroid dienone is 2. The fourth-order valence-electron chi connectivity index (χ4n) is 1.68. The highest BCUT2D eigenvalue weighted by atomic mass is 19.5. The van der Waals surface area contributed by atoms with Crippen LogP contribution in [0.5, 0.6) is 0 Å². The minimum Gasteiger partial charge on any atom is -0.418 e. The topological polar surface area (TPSA) is 16.6 Å². The van der Waals surface area contributed by atoms with Crippen molar-refractivity contribution in [2.45, 2.75) is 0 Å². The summed E-state index contributed by atoms with van der Waals surface area (Å²) in [6.45, 7) is 0.961. The third-order valence-electron chi connectivity index (χ3n) is 2.62. The fourth-order valence-corrected chi connectivity index (χ4v) is 1.68. The molecule has 0 aliphatic carbocycles. The van der Waals surface area contributed by atoms with Gasteiger partial charge < -0.3 is 22.6 Å². The SMILES string of the molecule is C(C=Cc1ccccc1)=CC[NH2+]c1ccccc1.F[B-](F)(F)F. The predicted octanol–water partition coefficient (Wildman–Crippen LogP) is 4.45. The number of para-hydroxylation sites is 1. The Morgan fingerprint density at radius 3 is 1.87 bits per heavy atom. The number of halogens is 4. The summed E-state index contributed by atoms with van der Waals surface area (Å²) in [5.41, 5.74) is 2.50. The number of hydrogen-bond acceptors (Lipinski definition) is 0. The van der Waals surface area contributed by atoms with E-state index in [-0.39, 0.29) is 0 Å². The van der Waals surface area contributed by atoms with Crippen molar-refractivity contribution >= 4 is 19.0 Å². The molecular weight excluding hydrogens is 305 g/mol. The lowest BCUT2D eigenvalue weighted by Crippen LogP contribution is -2.77. The van der Waals surface area contributed by atoms with Gasteiger partial charge in [-0.15, -0.1) is 0 Å². The maximum Gasteiger partial charge on any atom is 0.673 e. The Bertz CT molecular complexity index is 589. The van der Waals surface area contributed by atoms with Gasteiger partial charge in [-0.1, -0.05) is 66.8 Å². The second-order valence-electron chi connectivity index (χ2n) is 4.54. The first kappa shape index (κ1) is 18.7. The van der Waals surface area contributed by atoms with Crippen molar-refractivity contribution in [2.75, 3.05) is 6.54 Å². The summed E-state index contributed by atoms with van der Waals surface area (Å²) in [6.07, 6.45) is 8.44. The first-order valence-corrected chi connectivity index (χ1v) is 7.09. The van der Waals surface area contributed by atoms with E-state index in [1.807, 2.05) is 24.3 Å². The maximum atomic E-state index is 9.75. The highest BCUT2D eigenvalue weighted by molar-refractivity contribution is 6.50. The van der Waals surface area contributed by atoms with Crippen LogP contribution in [0.2, 0.25) is 0 Å². The van der Waals surface area contributed by atoms with Crippen molar-refractivity contribution in [3.8, 4) is 0 Å². The molecule has 2 N–H and O–H groups in total. The van der Waals surface area contributed by atoms with E-state index in [1.165, 1.54) is 11.3 Å². The van der Waals surface area contributed by atoms with Crippen LogP contribution in [0.1, 0.15) is 5.56 Å². The highest BCUT2D eigenvalue weighted by Gasteiger charge is 2.20. The molecule has 0 aliphatic heterocycles. The minimum absolute atomic E-state index is 0.961. The van der Waals surface area contributed by atoms with Crippen molar-refractivity contribution in [3.05, 3.63) is 84.5 Å². The van der Waals surface area contributed by atoms with Gasteiger partial charge in [0.25, 0.3) is 0 Å². The van der Waals surface area contributed by atoms with Crippen LogP contribution in [0.4, 0.5) is 23.0 Å². The van der Waals surface area contributed by atoms with Crippen LogP contribution >= 0.6 is 0 Å². The summed E-state index contributed by atoms with van der Waals surface area (Å²) < 4.78 is 39.0. The molecule has 1 nitrogen and oxygen atoms in total. The molecule has 0 saturated heterocycles. The summed E-state index contributed by atoms with van der Waals surface area (Å²) in [6, 6.07) is 20.7. The number of benzene rings is 2. The standard InChI is InChI=1S/C17H17N.BF4/c1-4-10-16(11-5-1)12-6-3-9-15-18-17-13-7-2-8-14-17;2-1(3,4)5/h1-14,18H,15H2;/q;-1/p+1. The van der Waals surface area contributed by atoms with Gasteiger partial charge in [0, 0.05) is 0 Å². The van der Waals surface area contributed by atoms with E-state index in [0.717, 1.165) is 6.54 Å². The van der Waals surface area contributed by atoms with Gasteiger partial charge in [-0.2, -0.15) is 0 Å². The second-order valence-corrected chi connectivity index (χ2v) is 4.54. The van der Waals surface area contributed by atoms with Crippen LogP contribution in [0.25, 0.3) is 6.08 Å². The third-order valence-corrected chi connectivity index (χ3v) is 2.62. The first-order chi connectivity index (χ1) is 10.9. The lowest BCUT2D eigenvalue weighted by molar-refractivity contribution is -0.561. The number of hydrogen-bond donors (Lipinski definition) is 1. The lowest BCUT2D eigenvalue weighted by atomic mass is 10.2. The van der Waals surface area contributed by atoms with Gasteiger partial charge in [0.15, 0.2) is 0 Å². The molecule has 2 aromatic carbocycles. The van der Waals surface area contributed by atoms with Crippen LogP contribution in [-0.2, 0) is 0 Å². The van der Waals surface area contributed by atoms with E-state index >= 15 is 0 Å². The van der Waals surface area contributed by atoms with Crippen LogP contribution in [0.3, 0.4) is 0 Å². The Morgan fingerprint density at radius 1 is 0.783 bits per heavy atom. The summed E-state index contributed by atoms with van der Waals surface area (Å²) in [5.74, 6) is 0. The monoisotopic (exact) mass is 323 g/mol. The van der Waals surface area contributed by atoms with Crippen molar-refractivity contribution in [1.29, 1.82) is 0 Å². The van der Waals surface area contributed by atoms with Crippen LogP contribution < -0.4 is 5.32 Å². The molecular formula is C17H18BF4N. The van der Waals surface area contributed by atoms with E-state index in [9.17, 15) is 17.3 Å². The molecule has 0 amide bonds. The summed E-state index contributed by atoms with van der Waals surface area (Å²) in [7, 11) is -6.00. The zero-order valence-corrected chi connectivity index (χ0v) is 12.5. The van der Waals surface area contributed by atoms with Gasteiger partial charge in [-0.25, -0.2) is 0 Å². The van der Waals surface area contributed by atoms with Gasteiger partial charge in [-0.3, -0.25) is 0 Å². The lowest BCUT2D eigenvalue weighted by Gasteiger charge is -1.95. The van der Waals surface area contributed by atoms with E-state index in [2.05, 4.69) is 66.0 Å². The zero-order chi connectivity index (χ0) is 17.0. The van der Waals surface area contributed by atoms with Gasteiger partial charge in [-0.05, 0) is 23.8 Å². The van der Waals surface area contributed by atoms with E-state index in [4.69, 9.17) is 0 Å². The van der Waals surface area contributed by atoms with Gasteiger partial charge in [0.1, 0.15) is 5.69 Å². The smallest absolute Gasteiger partial charge is 0.418 e. The molecule has 0 atom stereocenters. The van der Waals surface area contributed by atoms with E-state index < -0.39 is 7.25 Å². The second kappa shape index (κ2) is 10.4. The average Bonchev–Trinajstić information content (AvgIpc) is 2.51. The molecule has 0 aliphatic rings. The molecule has 0 unspecified atom stereocenters. The molecule has 0 heterocycles. The molecule has 0 fully saturated rings. The highest BCUT2D eigenvalue weighted by Crippen LogP contribution is 2.06. The van der Waals surface area contributed by atoms with Gasteiger partial charge >= 0.3 is 7.25 Å². The minimum atomic E-state index is -6.00. The van der Waals surface area contributed by atoms with Crippen molar-refractivity contribution in [3.63, 3.8) is 0 Å². The Labute approximate surface area is 133 Å². The first-order valence-electron chi connectivity index (χ1n) is 7.09. The average molecular weight is 323 g/mol. The van der Waals surface area contributed by atoms with Gasteiger partial charge in [0.2, 0.25) is 0 Å². The molecule has 0 spiro atoms. The van der Waals surface area contributed by atoms with E-state index in [0.29, 0.717) is 0 Å². The quantitative estimate of drug-likeness (QED) is 0.362. The summed E-state index contributed by atoms with van der Waals surface area (Å²) in [4.78, 5) is 0. The predicted molar refractivity (Wildman–Crippen MR) is 87.7 cm³/mol. The zero-order valence-electron chi connectivity index (χ0n) is 12.5. The normalized spacial score (nSPS) is 11.5. The van der Waals surface area contributed by atoms with Crippen molar-refractivity contribution in [1.82, 2.24) is 0 Å². The molecule has 6 heteroatoms. The maximum absolute atomic E-state index is 9.75. The molecule has 0 saturated carbocycles. The number of nitrogens with two attached hydrogens (primary N) is 1. The molecule has 23 heavy (non-hydrogen) atoms. The largest absolute Gasteiger partial charge is 0.673 e. The molecule has 122 valence electrons. The van der Waals surface area contributed by atoms with Crippen molar-refractivity contribution in [2.24, 2.45) is 0 Å². The number of rotatable bonds is 5. The van der Waals surface area contributed by atoms with Crippen LogP contribution in [-0.4, -0.2) is 13.8 Å². The molecule has 0 aromatic heterocycles. The molecule has 2 aromatic rings. The Hall–Kier alpha value is -2.34. The van der Waals surface area contributed by atoms with Crippen molar-refractivity contribution < 1.29 is 22.6 Å². The molecule has 0 bridgehead atoms. The number of quaternary nitrogens is 1. The van der Waals surface area contributed by atoms with E-state index in [1.54, 1.807) is 0 Å². The van der Waals surface area contributed by atoms with Gasteiger partial charge in [0.05, 0.1) is 6.54 Å². The Kier molecular flexibility index (Phi) is 8.46. The molecule has 2 rings (SSSR count). The molecule has 0 radical (unpaired) electrons. The summed E-state index contributed by atoms with van der Waals surface area (Å²) >= 11 is 0. The Balaban J connectivity index is 0.000000463.